The van der Waals surface area contributed by atoms with Crippen molar-refractivity contribution in [1.82, 2.24) is 15.5 Å². The topological polar surface area (TPSA) is 77.2 Å². The average molecular weight is 383 g/mol. The van der Waals surface area contributed by atoms with Crippen molar-refractivity contribution in [2.45, 2.75) is 13.0 Å². The molecule has 1 aromatic heterocycles. The van der Waals surface area contributed by atoms with Gasteiger partial charge >= 0.3 is 0 Å². The molecule has 1 N–H and O–H groups in total. The molecule has 0 atom stereocenters. The van der Waals surface area contributed by atoms with Crippen LogP contribution in [0.5, 0.6) is 11.5 Å². The first-order chi connectivity index (χ1) is 14.2. The second-order valence-corrected chi connectivity index (χ2v) is 6.81. The van der Waals surface area contributed by atoms with E-state index in [1.165, 1.54) is 0 Å². The molecule has 0 radical (unpaired) electrons. The van der Waals surface area contributed by atoms with Gasteiger partial charge in [0.15, 0.2) is 5.82 Å². The Labute approximate surface area is 167 Å². The highest BCUT2D eigenvalue weighted by atomic mass is 16.5. The Balaban J connectivity index is 1.44. The van der Waals surface area contributed by atoms with Crippen molar-refractivity contribution in [2.24, 2.45) is 0 Å². The van der Waals surface area contributed by atoms with Crippen molar-refractivity contribution in [3.63, 3.8) is 0 Å². The van der Waals surface area contributed by atoms with Gasteiger partial charge in [-0.25, -0.2) is 0 Å². The van der Waals surface area contributed by atoms with E-state index >= 15 is 0 Å². The molecule has 142 valence electrons. The van der Waals surface area contributed by atoms with E-state index in [0.717, 1.165) is 28.2 Å². The van der Waals surface area contributed by atoms with Crippen LogP contribution in [0.15, 0.2) is 77.3 Å². The lowest BCUT2D eigenvalue weighted by Crippen LogP contribution is -2.31. The van der Waals surface area contributed by atoms with Crippen LogP contribution in [0.2, 0.25) is 0 Å². The van der Waals surface area contributed by atoms with Crippen LogP contribution < -0.4 is 10.1 Å². The van der Waals surface area contributed by atoms with Gasteiger partial charge in [0.1, 0.15) is 11.5 Å². The van der Waals surface area contributed by atoms with Crippen LogP contribution in [0.25, 0.3) is 11.5 Å². The summed E-state index contributed by atoms with van der Waals surface area (Å²) in [6.07, 6.45) is 0. The number of nitrogens with one attached hydrogen (secondary N) is 1. The van der Waals surface area contributed by atoms with Crippen LogP contribution in [0.4, 0.5) is 0 Å². The number of aryl methyl sites for hydroxylation is 1. The van der Waals surface area contributed by atoms with Gasteiger partial charge in [0.25, 0.3) is 11.8 Å². The van der Waals surface area contributed by atoms with E-state index in [1.54, 1.807) is 31.2 Å². The van der Waals surface area contributed by atoms with E-state index in [1.807, 2.05) is 48.5 Å². The van der Waals surface area contributed by atoms with E-state index in [9.17, 15) is 4.79 Å². The standard InChI is InChI=1S/C23H17N3O3/c1-14-24-23(29-26-14)16-12-10-15(11-13-16)22(27)25-21-17-6-2-4-8-19(17)28-20-9-5-3-7-18(20)21/h2-13,21H,1H3,(H,25,27). The fraction of sp³-hybridized carbons (Fsp3) is 0.0870. The molecule has 2 heterocycles. The fourth-order valence-corrected chi connectivity index (χ4v) is 3.46. The van der Waals surface area contributed by atoms with E-state index < -0.39 is 0 Å². The van der Waals surface area contributed by atoms with Gasteiger partial charge in [0, 0.05) is 22.3 Å². The van der Waals surface area contributed by atoms with Gasteiger partial charge in [-0.05, 0) is 43.3 Å². The number of ether oxygens (including phenoxy) is 1. The molecule has 6 heteroatoms. The number of fused-ring (bicyclic) bond motifs is 2. The third kappa shape index (κ3) is 3.14. The first-order valence-electron chi connectivity index (χ1n) is 9.26. The lowest BCUT2D eigenvalue weighted by atomic mass is 9.94. The monoisotopic (exact) mass is 383 g/mol. The highest BCUT2D eigenvalue weighted by Crippen LogP contribution is 2.42. The number of aromatic nitrogens is 2. The van der Waals surface area contributed by atoms with Crippen molar-refractivity contribution in [3.05, 3.63) is 95.3 Å². The molecule has 1 aliphatic heterocycles. The van der Waals surface area contributed by atoms with Crippen LogP contribution >= 0.6 is 0 Å². The third-order valence-corrected chi connectivity index (χ3v) is 4.88. The Morgan fingerprint density at radius 3 is 2.10 bits per heavy atom. The predicted octanol–water partition coefficient (Wildman–Crippen LogP) is 4.67. The smallest absolute Gasteiger partial charge is 0.257 e. The molecule has 3 aromatic carbocycles. The maximum absolute atomic E-state index is 13.0. The second kappa shape index (κ2) is 6.91. The molecular weight excluding hydrogens is 366 g/mol. The van der Waals surface area contributed by atoms with E-state index in [-0.39, 0.29) is 11.9 Å². The summed E-state index contributed by atoms with van der Waals surface area (Å²) in [5.74, 6) is 2.33. The first-order valence-corrected chi connectivity index (χ1v) is 9.26. The molecule has 0 saturated heterocycles. The van der Waals surface area contributed by atoms with Crippen LogP contribution in [0.1, 0.15) is 33.4 Å². The zero-order valence-electron chi connectivity index (χ0n) is 15.6. The number of hydrogen-bond donors (Lipinski definition) is 1. The van der Waals surface area contributed by atoms with Crippen molar-refractivity contribution in [3.8, 4) is 23.0 Å². The Hall–Kier alpha value is -3.93. The second-order valence-electron chi connectivity index (χ2n) is 6.81. The minimum atomic E-state index is -0.290. The van der Waals surface area contributed by atoms with E-state index in [2.05, 4.69) is 15.5 Å². The predicted molar refractivity (Wildman–Crippen MR) is 107 cm³/mol. The summed E-state index contributed by atoms with van der Waals surface area (Å²) >= 11 is 0. The SMILES string of the molecule is Cc1noc(-c2ccc(C(=O)NC3c4ccccc4Oc4ccccc43)cc2)n1. The number of carbonyl (C=O) groups is 1. The zero-order chi connectivity index (χ0) is 19.8. The summed E-state index contributed by atoms with van der Waals surface area (Å²) in [5.41, 5.74) is 3.17. The summed E-state index contributed by atoms with van der Waals surface area (Å²) in [6, 6.07) is 22.3. The summed E-state index contributed by atoms with van der Waals surface area (Å²) in [7, 11) is 0. The van der Waals surface area contributed by atoms with E-state index in [0.29, 0.717) is 17.3 Å². The quantitative estimate of drug-likeness (QED) is 0.556. The van der Waals surface area contributed by atoms with Gasteiger partial charge in [-0.15, -0.1) is 0 Å². The van der Waals surface area contributed by atoms with Crippen LogP contribution in [-0.4, -0.2) is 16.0 Å². The van der Waals surface area contributed by atoms with Gasteiger partial charge < -0.3 is 14.6 Å². The summed E-state index contributed by atoms with van der Waals surface area (Å²) in [5, 5.41) is 6.93. The highest BCUT2D eigenvalue weighted by molar-refractivity contribution is 5.95. The molecule has 0 spiro atoms. The van der Waals surface area contributed by atoms with Crippen molar-refractivity contribution in [2.75, 3.05) is 0 Å². The minimum Gasteiger partial charge on any atom is -0.457 e. The van der Waals surface area contributed by atoms with Crippen LogP contribution in [0.3, 0.4) is 0 Å². The Kier molecular flexibility index (Phi) is 4.09. The minimum absolute atomic E-state index is 0.172. The maximum atomic E-state index is 13.0. The molecular formula is C23H17N3O3. The molecule has 0 unspecified atom stereocenters. The van der Waals surface area contributed by atoms with Crippen molar-refractivity contribution >= 4 is 5.91 Å². The lowest BCUT2D eigenvalue weighted by Gasteiger charge is -2.28. The van der Waals surface area contributed by atoms with Crippen molar-refractivity contribution in [1.29, 1.82) is 0 Å². The maximum Gasteiger partial charge on any atom is 0.257 e. The zero-order valence-corrected chi connectivity index (χ0v) is 15.6. The Morgan fingerprint density at radius 1 is 0.897 bits per heavy atom. The molecule has 0 fully saturated rings. The average Bonchev–Trinajstić information content (AvgIpc) is 3.20. The lowest BCUT2D eigenvalue weighted by molar-refractivity contribution is 0.0941. The molecule has 0 saturated carbocycles. The number of carbonyl (C=O) groups excluding carboxylic acids is 1. The Morgan fingerprint density at radius 2 is 1.52 bits per heavy atom. The molecule has 6 nitrogen and oxygen atoms in total. The largest absolute Gasteiger partial charge is 0.457 e. The number of para-hydroxylation sites is 2. The number of nitrogens with zero attached hydrogens (tertiary/aromatic N) is 2. The molecule has 0 aliphatic carbocycles. The molecule has 29 heavy (non-hydrogen) atoms. The number of amides is 1. The molecule has 0 bridgehead atoms. The number of benzene rings is 3. The molecule has 4 aromatic rings. The number of rotatable bonds is 3. The molecule has 1 aliphatic rings. The fourth-order valence-electron chi connectivity index (χ4n) is 3.46. The molecule has 1 amide bonds. The van der Waals surface area contributed by atoms with Crippen molar-refractivity contribution < 1.29 is 14.1 Å². The van der Waals surface area contributed by atoms with Gasteiger partial charge in [0.2, 0.25) is 0 Å². The summed E-state index contributed by atoms with van der Waals surface area (Å²) < 4.78 is 11.2. The van der Waals surface area contributed by atoms with Gasteiger partial charge in [-0.1, -0.05) is 41.6 Å². The molecule has 5 rings (SSSR count). The summed E-state index contributed by atoms with van der Waals surface area (Å²) in [6.45, 7) is 1.76. The first kappa shape index (κ1) is 17.2. The van der Waals surface area contributed by atoms with E-state index in [4.69, 9.17) is 9.26 Å². The van der Waals surface area contributed by atoms with Gasteiger partial charge in [-0.2, -0.15) is 4.98 Å². The van der Waals surface area contributed by atoms with Gasteiger partial charge in [-0.3, -0.25) is 4.79 Å². The normalized spacial score (nSPS) is 12.6. The highest BCUT2D eigenvalue weighted by Gasteiger charge is 2.28. The summed E-state index contributed by atoms with van der Waals surface area (Å²) in [4.78, 5) is 17.2. The van der Waals surface area contributed by atoms with Gasteiger partial charge in [0.05, 0.1) is 6.04 Å². The third-order valence-electron chi connectivity index (χ3n) is 4.88. The number of hydrogen-bond acceptors (Lipinski definition) is 5. The van der Waals surface area contributed by atoms with Crippen LogP contribution in [-0.2, 0) is 0 Å². The Bertz CT molecular complexity index is 1150. The van der Waals surface area contributed by atoms with Crippen LogP contribution in [0, 0.1) is 6.92 Å².